The molecule has 1 aromatic heterocycles. The molecule has 0 radical (unpaired) electrons. The summed E-state index contributed by atoms with van der Waals surface area (Å²) in [6, 6.07) is 13.8. The minimum Gasteiger partial charge on any atom is -0.353 e. The van der Waals surface area contributed by atoms with Gasteiger partial charge in [0.25, 0.3) is 0 Å². The highest BCUT2D eigenvalue weighted by Crippen LogP contribution is 2.45. The highest BCUT2D eigenvalue weighted by molar-refractivity contribution is 6.30. The Morgan fingerprint density at radius 2 is 1.72 bits per heavy atom. The predicted molar refractivity (Wildman–Crippen MR) is 100 cm³/mol. The Morgan fingerprint density at radius 1 is 1.00 bits per heavy atom. The van der Waals surface area contributed by atoms with E-state index in [1.165, 1.54) is 0 Å². The molecule has 25 heavy (non-hydrogen) atoms. The van der Waals surface area contributed by atoms with Gasteiger partial charge in [0, 0.05) is 37.4 Å². The Kier molecular flexibility index (Phi) is 4.38. The number of aromatic nitrogens is 1. The predicted octanol–water partition coefficient (Wildman–Crippen LogP) is 3.51. The molecule has 2 heterocycles. The van der Waals surface area contributed by atoms with Gasteiger partial charge in [-0.05, 0) is 42.7 Å². The quantitative estimate of drug-likeness (QED) is 0.845. The van der Waals surface area contributed by atoms with Gasteiger partial charge < -0.3 is 9.80 Å². The number of piperazine rings is 1. The molecule has 0 N–H and O–H groups in total. The third-order valence-electron chi connectivity index (χ3n) is 5.55. The average molecular weight is 356 g/mol. The summed E-state index contributed by atoms with van der Waals surface area (Å²) in [5, 5.41) is 0.717. The fourth-order valence-corrected chi connectivity index (χ4v) is 4.03. The summed E-state index contributed by atoms with van der Waals surface area (Å²) >= 11 is 6.02. The number of amides is 1. The van der Waals surface area contributed by atoms with Gasteiger partial charge in [-0.15, -0.1) is 0 Å². The topological polar surface area (TPSA) is 36.4 Å². The minimum atomic E-state index is -0.336. The number of anilines is 1. The van der Waals surface area contributed by atoms with Gasteiger partial charge in [0.05, 0.1) is 5.41 Å². The standard InChI is InChI=1S/C20H22ClN3O/c21-17-7-5-16(6-8-17)20(9-3-10-20)19(25)24-14-12-23(13-15-24)18-4-1-2-11-22-18/h1-2,4-8,11H,3,9-10,12-15H2. The second-order valence-electron chi connectivity index (χ2n) is 6.91. The Morgan fingerprint density at radius 3 is 2.28 bits per heavy atom. The van der Waals surface area contributed by atoms with Crippen LogP contribution in [0.25, 0.3) is 0 Å². The molecule has 5 heteroatoms. The van der Waals surface area contributed by atoms with Crippen LogP contribution in [-0.2, 0) is 10.2 Å². The third-order valence-corrected chi connectivity index (χ3v) is 5.81. The van der Waals surface area contributed by atoms with Gasteiger partial charge in [0.1, 0.15) is 5.82 Å². The number of benzene rings is 1. The molecule has 2 aromatic rings. The fourth-order valence-electron chi connectivity index (χ4n) is 3.91. The van der Waals surface area contributed by atoms with Crippen molar-refractivity contribution in [1.29, 1.82) is 0 Å². The van der Waals surface area contributed by atoms with E-state index >= 15 is 0 Å². The monoisotopic (exact) mass is 355 g/mol. The number of nitrogens with zero attached hydrogens (tertiary/aromatic N) is 3. The summed E-state index contributed by atoms with van der Waals surface area (Å²) in [4.78, 5) is 22.0. The zero-order valence-electron chi connectivity index (χ0n) is 14.2. The number of carbonyl (C=O) groups excluding carboxylic acids is 1. The molecule has 1 aliphatic heterocycles. The first-order valence-electron chi connectivity index (χ1n) is 8.90. The van der Waals surface area contributed by atoms with Crippen molar-refractivity contribution < 1.29 is 4.79 Å². The van der Waals surface area contributed by atoms with E-state index in [1.54, 1.807) is 0 Å². The first-order valence-corrected chi connectivity index (χ1v) is 9.28. The minimum absolute atomic E-state index is 0.279. The molecule has 4 nitrogen and oxygen atoms in total. The van der Waals surface area contributed by atoms with Crippen molar-refractivity contribution in [3.63, 3.8) is 0 Å². The van der Waals surface area contributed by atoms with Crippen LogP contribution in [0.3, 0.4) is 0 Å². The van der Waals surface area contributed by atoms with Gasteiger partial charge in [0.15, 0.2) is 0 Å². The molecule has 1 saturated heterocycles. The van der Waals surface area contributed by atoms with Crippen LogP contribution in [0.15, 0.2) is 48.7 Å². The van der Waals surface area contributed by atoms with Crippen LogP contribution >= 0.6 is 11.6 Å². The van der Waals surface area contributed by atoms with Crippen LogP contribution in [0, 0.1) is 0 Å². The summed E-state index contributed by atoms with van der Waals surface area (Å²) in [6.07, 6.45) is 4.81. The van der Waals surface area contributed by atoms with Crippen LogP contribution in [0.5, 0.6) is 0 Å². The van der Waals surface area contributed by atoms with Crippen LogP contribution in [-0.4, -0.2) is 42.0 Å². The zero-order chi connectivity index (χ0) is 17.3. The van der Waals surface area contributed by atoms with E-state index in [0.29, 0.717) is 0 Å². The normalized spacial score (nSPS) is 19.4. The second-order valence-corrected chi connectivity index (χ2v) is 7.35. The fraction of sp³-hybridized carbons (Fsp3) is 0.400. The lowest BCUT2D eigenvalue weighted by molar-refractivity contribution is -0.141. The van der Waals surface area contributed by atoms with Crippen molar-refractivity contribution >= 4 is 23.3 Å². The lowest BCUT2D eigenvalue weighted by Crippen LogP contribution is -2.56. The summed E-state index contributed by atoms with van der Waals surface area (Å²) in [7, 11) is 0. The molecular weight excluding hydrogens is 334 g/mol. The molecule has 1 aliphatic carbocycles. The highest BCUT2D eigenvalue weighted by atomic mass is 35.5. The molecule has 130 valence electrons. The Labute approximate surface area is 153 Å². The molecule has 0 spiro atoms. The van der Waals surface area contributed by atoms with E-state index in [4.69, 9.17) is 11.6 Å². The molecule has 1 saturated carbocycles. The maximum absolute atomic E-state index is 13.3. The molecule has 1 aromatic carbocycles. The van der Waals surface area contributed by atoms with Crippen molar-refractivity contribution in [3.05, 3.63) is 59.2 Å². The van der Waals surface area contributed by atoms with Gasteiger partial charge in [-0.3, -0.25) is 4.79 Å². The van der Waals surface area contributed by atoms with Crippen LogP contribution < -0.4 is 4.90 Å². The van der Waals surface area contributed by atoms with E-state index < -0.39 is 0 Å². The van der Waals surface area contributed by atoms with Gasteiger partial charge in [-0.25, -0.2) is 4.98 Å². The lowest BCUT2D eigenvalue weighted by atomic mass is 9.63. The number of carbonyl (C=O) groups is 1. The largest absolute Gasteiger partial charge is 0.353 e. The van der Waals surface area contributed by atoms with Gasteiger partial charge >= 0.3 is 0 Å². The molecule has 2 fully saturated rings. The molecular formula is C20H22ClN3O. The summed E-state index contributed by atoms with van der Waals surface area (Å²) in [5.41, 5.74) is 0.776. The van der Waals surface area contributed by atoms with Crippen LogP contribution in [0.1, 0.15) is 24.8 Å². The molecule has 0 bridgehead atoms. The van der Waals surface area contributed by atoms with Gasteiger partial charge in [0.2, 0.25) is 5.91 Å². The Hall–Kier alpha value is -2.07. The smallest absolute Gasteiger partial charge is 0.233 e. The summed E-state index contributed by atoms with van der Waals surface area (Å²) in [6.45, 7) is 3.17. The van der Waals surface area contributed by atoms with Gasteiger partial charge in [-0.2, -0.15) is 0 Å². The first-order chi connectivity index (χ1) is 12.2. The maximum atomic E-state index is 13.3. The van der Waals surface area contributed by atoms with Crippen molar-refractivity contribution in [1.82, 2.24) is 9.88 Å². The summed E-state index contributed by atoms with van der Waals surface area (Å²) in [5.74, 6) is 1.27. The molecule has 4 rings (SSSR count). The second kappa shape index (κ2) is 6.68. The SMILES string of the molecule is O=C(N1CCN(c2ccccn2)CC1)C1(c2ccc(Cl)cc2)CCC1. The summed E-state index contributed by atoms with van der Waals surface area (Å²) < 4.78 is 0. The maximum Gasteiger partial charge on any atom is 0.233 e. The first kappa shape index (κ1) is 16.4. The average Bonchev–Trinajstić information content (AvgIpc) is 2.63. The van der Waals surface area contributed by atoms with Crippen molar-refractivity contribution in [3.8, 4) is 0 Å². The number of halogens is 1. The van der Waals surface area contributed by atoms with Crippen molar-refractivity contribution in [2.45, 2.75) is 24.7 Å². The van der Waals surface area contributed by atoms with E-state index in [9.17, 15) is 4.79 Å². The van der Waals surface area contributed by atoms with Crippen molar-refractivity contribution in [2.75, 3.05) is 31.1 Å². The van der Waals surface area contributed by atoms with E-state index in [1.807, 2.05) is 53.6 Å². The third kappa shape index (κ3) is 2.99. The molecule has 0 unspecified atom stereocenters. The number of hydrogen-bond donors (Lipinski definition) is 0. The van der Waals surface area contributed by atoms with E-state index in [-0.39, 0.29) is 11.3 Å². The van der Waals surface area contributed by atoms with E-state index in [2.05, 4.69) is 9.88 Å². The molecule has 2 aliphatic rings. The van der Waals surface area contributed by atoms with Crippen molar-refractivity contribution in [2.24, 2.45) is 0 Å². The lowest BCUT2D eigenvalue weighted by Gasteiger charge is -2.46. The number of hydrogen-bond acceptors (Lipinski definition) is 3. The molecule has 1 amide bonds. The van der Waals surface area contributed by atoms with Crippen LogP contribution in [0.2, 0.25) is 5.02 Å². The van der Waals surface area contributed by atoms with Gasteiger partial charge in [-0.1, -0.05) is 36.2 Å². The number of rotatable bonds is 3. The number of pyridine rings is 1. The Balaban J connectivity index is 1.47. The van der Waals surface area contributed by atoms with E-state index in [0.717, 1.165) is 61.8 Å². The molecule has 0 atom stereocenters. The van der Waals surface area contributed by atoms with Crippen LogP contribution in [0.4, 0.5) is 5.82 Å². The highest BCUT2D eigenvalue weighted by Gasteiger charge is 2.47. The zero-order valence-corrected chi connectivity index (χ0v) is 15.0. The Bertz CT molecular complexity index is 735.